The quantitative estimate of drug-likeness (QED) is 0.444. The van der Waals surface area contributed by atoms with Crippen molar-refractivity contribution in [1.29, 1.82) is 0 Å². The highest BCUT2D eigenvalue weighted by atomic mass is 31.3. The minimum atomic E-state index is -4.72. The molecule has 0 bridgehead atoms. The fourth-order valence-electron chi connectivity index (χ4n) is 1.81. The van der Waals surface area contributed by atoms with Gasteiger partial charge in [0, 0.05) is 34.9 Å². The molecule has 1 radical (unpaired) electrons. The lowest BCUT2D eigenvalue weighted by Gasteiger charge is -2.24. The first kappa shape index (κ1) is 24.4. The molecule has 0 amide bonds. The zero-order valence-corrected chi connectivity index (χ0v) is 17.7. The maximum absolute atomic E-state index is 12.5. The van der Waals surface area contributed by atoms with Crippen molar-refractivity contribution < 1.29 is 54.8 Å². The van der Waals surface area contributed by atoms with Gasteiger partial charge in [-0.25, -0.2) is 13.7 Å². The van der Waals surface area contributed by atoms with Gasteiger partial charge in [0.05, 0.1) is 18.8 Å². The van der Waals surface area contributed by atoms with Crippen LogP contribution < -0.4 is 0 Å². The Morgan fingerprint density at radius 1 is 0.923 bits per heavy atom. The molecule has 26 heavy (non-hydrogen) atoms. The van der Waals surface area contributed by atoms with E-state index in [-0.39, 0.29) is 6.10 Å². The standard InChI is InChI=1S/C11H24O12P3/c1-6-9-7-10(12)11(21-9)8-20-25(14,18-4)23-26(15,19-5)22-24(13,16-2)17-3/h7,9-12H,6,8H2,1-5H3. The summed E-state index contributed by atoms with van der Waals surface area (Å²) in [4.78, 5) is 0. The van der Waals surface area contributed by atoms with Crippen LogP contribution in [0.1, 0.15) is 13.3 Å². The van der Waals surface area contributed by atoms with E-state index >= 15 is 0 Å². The van der Waals surface area contributed by atoms with E-state index in [0.717, 1.165) is 28.4 Å². The second-order valence-corrected chi connectivity index (χ2v) is 10.5. The van der Waals surface area contributed by atoms with Crippen LogP contribution in [0.5, 0.6) is 0 Å². The van der Waals surface area contributed by atoms with Crippen LogP contribution in [-0.4, -0.2) is 58.5 Å². The molecule has 1 rings (SSSR count). The Morgan fingerprint density at radius 2 is 1.42 bits per heavy atom. The third-order valence-corrected chi connectivity index (χ3v) is 8.69. The molecular weight excluding hydrogens is 417 g/mol. The topological polar surface area (TPSA) is 145 Å². The number of rotatable bonds is 12. The van der Waals surface area contributed by atoms with Gasteiger partial charge in [-0.1, -0.05) is 6.92 Å². The lowest BCUT2D eigenvalue weighted by molar-refractivity contribution is -0.0230. The molecule has 5 atom stereocenters. The number of hydrogen-bond acceptors (Lipinski definition) is 12. The first-order valence-corrected chi connectivity index (χ1v) is 11.7. The molecule has 1 N–H and O–H groups in total. The van der Waals surface area contributed by atoms with E-state index in [2.05, 4.69) is 22.4 Å². The summed E-state index contributed by atoms with van der Waals surface area (Å²) in [6.45, 7) is 1.45. The summed E-state index contributed by atoms with van der Waals surface area (Å²) in [5, 5.41) is 9.85. The second kappa shape index (κ2) is 10.2. The number of phosphoric acid groups is 3. The van der Waals surface area contributed by atoms with Crippen LogP contribution in [-0.2, 0) is 49.7 Å². The lowest BCUT2D eigenvalue weighted by atomic mass is 10.1. The lowest BCUT2D eigenvalue weighted by Crippen LogP contribution is -2.26. The summed E-state index contributed by atoms with van der Waals surface area (Å²) in [6, 6.07) is 0. The summed E-state index contributed by atoms with van der Waals surface area (Å²) in [6.07, 6.45) is 0.103. The molecule has 0 aromatic rings. The molecule has 1 aliphatic rings. The Hall–Kier alpha value is 0.330. The van der Waals surface area contributed by atoms with Gasteiger partial charge in [0.15, 0.2) is 0 Å². The van der Waals surface area contributed by atoms with Crippen molar-refractivity contribution in [2.24, 2.45) is 0 Å². The number of hydrogen-bond donors (Lipinski definition) is 1. The monoisotopic (exact) mass is 441 g/mol. The van der Waals surface area contributed by atoms with Crippen molar-refractivity contribution in [3.63, 3.8) is 0 Å². The smallest absolute Gasteiger partial charge is 0.390 e. The average molecular weight is 441 g/mol. The van der Waals surface area contributed by atoms with Gasteiger partial charge in [-0.05, 0) is 6.42 Å². The van der Waals surface area contributed by atoms with Gasteiger partial charge in [0.25, 0.3) is 0 Å². The Balaban J connectivity index is 2.79. The average Bonchev–Trinajstić information content (AvgIpc) is 2.99. The predicted molar refractivity (Wildman–Crippen MR) is 88.2 cm³/mol. The van der Waals surface area contributed by atoms with Crippen molar-refractivity contribution in [3.05, 3.63) is 6.42 Å². The summed E-state index contributed by atoms with van der Waals surface area (Å²) in [7, 11) is -9.74. The summed E-state index contributed by atoms with van der Waals surface area (Å²) in [5.41, 5.74) is 0. The van der Waals surface area contributed by atoms with Crippen molar-refractivity contribution in [3.8, 4) is 0 Å². The van der Waals surface area contributed by atoms with Gasteiger partial charge in [-0.15, -0.1) is 0 Å². The largest absolute Gasteiger partial charge is 0.492 e. The van der Waals surface area contributed by atoms with Crippen LogP contribution >= 0.6 is 23.5 Å². The van der Waals surface area contributed by atoms with Gasteiger partial charge < -0.3 is 9.84 Å². The van der Waals surface area contributed by atoms with Crippen molar-refractivity contribution in [2.45, 2.75) is 31.7 Å². The molecule has 1 heterocycles. The molecule has 5 unspecified atom stereocenters. The molecule has 0 aromatic heterocycles. The van der Waals surface area contributed by atoms with Crippen LogP contribution in [0.25, 0.3) is 0 Å². The Kier molecular flexibility index (Phi) is 9.57. The normalized spacial score (nSPS) is 28.6. The highest BCUT2D eigenvalue weighted by molar-refractivity contribution is 7.67. The molecule has 0 aromatic carbocycles. The predicted octanol–water partition coefficient (Wildman–Crippen LogP) is 2.69. The van der Waals surface area contributed by atoms with E-state index in [4.69, 9.17) is 13.6 Å². The Labute approximate surface area is 152 Å². The SMILES string of the molecule is CCC1[CH]C(O)C(COP(=O)(OC)OP(=O)(OC)OP(=O)(OC)OC)O1. The fraction of sp³-hybridized carbons (Fsp3) is 0.909. The van der Waals surface area contributed by atoms with Gasteiger partial charge in [-0.2, -0.15) is 8.62 Å². The molecule has 15 heteroatoms. The summed E-state index contributed by atoms with van der Waals surface area (Å²) >= 11 is 0. The summed E-state index contributed by atoms with van der Waals surface area (Å²) < 4.78 is 74.7. The minimum Gasteiger partial charge on any atom is -0.390 e. The van der Waals surface area contributed by atoms with Gasteiger partial charge in [0.1, 0.15) is 6.10 Å². The van der Waals surface area contributed by atoms with Crippen LogP contribution in [0.4, 0.5) is 0 Å². The van der Waals surface area contributed by atoms with E-state index in [1.165, 1.54) is 0 Å². The molecule has 0 aliphatic carbocycles. The molecular formula is C11H24O12P3. The van der Waals surface area contributed by atoms with Gasteiger partial charge >= 0.3 is 23.5 Å². The first-order valence-electron chi connectivity index (χ1n) is 7.37. The maximum Gasteiger partial charge on any atom is 0.492 e. The molecule has 155 valence electrons. The van der Waals surface area contributed by atoms with Gasteiger partial charge in [0.2, 0.25) is 0 Å². The van der Waals surface area contributed by atoms with Crippen LogP contribution in [0.2, 0.25) is 0 Å². The molecule has 12 nitrogen and oxygen atoms in total. The minimum absolute atomic E-state index is 0.288. The van der Waals surface area contributed by atoms with E-state index < -0.39 is 42.3 Å². The van der Waals surface area contributed by atoms with Gasteiger partial charge in [-0.3, -0.25) is 22.6 Å². The first-order chi connectivity index (χ1) is 12.1. The Morgan fingerprint density at radius 3 is 1.85 bits per heavy atom. The number of phosphoric ester groups is 2. The van der Waals surface area contributed by atoms with Crippen molar-refractivity contribution in [2.75, 3.05) is 35.0 Å². The highest BCUT2D eigenvalue weighted by Crippen LogP contribution is 2.72. The summed E-state index contributed by atoms with van der Waals surface area (Å²) in [5.74, 6) is 0. The Bertz CT molecular complexity index is 575. The molecule has 0 spiro atoms. The van der Waals surface area contributed by atoms with E-state index in [9.17, 15) is 18.8 Å². The highest BCUT2D eigenvalue weighted by Gasteiger charge is 2.46. The van der Waals surface area contributed by atoms with Crippen molar-refractivity contribution >= 4 is 23.5 Å². The van der Waals surface area contributed by atoms with Crippen LogP contribution in [0.3, 0.4) is 0 Å². The number of aliphatic hydroxyl groups excluding tert-OH is 1. The van der Waals surface area contributed by atoms with E-state index in [1.807, 2.05) is 6.92 Å². The molecule has 1 aliphatic heterocycles. The number of ether oxygens (including phenoxy) is 1. The van der Waals surface area contributed by atoms with Crippen LogP contribution in [0, 0.1) is 6.42 Å². The number of aliphatic hydroxyl groups is 1. The maximum atomic E-state index is 12.5. The fourth-order valence-corrected chi connectivity index (χ4v) is 6.26. The zero-order chi connectivity index (χ0) is 20.0. The van der Waals surface area contributed by atoms with E-state index in [0.29, 0.717) is 6.42 Å². The molecule has 0 saturated carbocycles. The van der Waals surface area contributed by atoms with Crippen LogP contribution in [0.15, 0.2) is 0 Å². The third-order valence-electron chi connectivity index (χ3n) is 3.24. The second-order valence-electron chi connectivity index (χ2n) is 4.84. The third kappa shape index (κ3) is 6.74. The zero-order valence-electron chi connectivity index (χ0n) is 15.0. The van der Waals surface area contributed by atoms with E-state index in [1.54, 1.807) is 6.42 Å². The molecule has 1 fully saturated rings. The molecule has 1 saturated heterocycles. The van der Waals surface area contributed by atoms with Crippen molar-refractivity contribution in [1.82, 2.24) is 0 Å².